The van der Waals surface area contributed by atoms with Gasteiger partial charge in [0.25, 0.3) is 0 Å². The van der Waals surface area contributed by atoms with Crippen molar-refractivity contribution in [3.63, 3.8) is 0 Å². The van der Waals surface area contributed by atoms with Crippen LogP contribution in [-0.4, -0.2) is 37.5 Å². The largest absolute Gasteiger partial charge is 0.342 e. The second-order valence-electron chi connectivity index (χ2n) is 4.96. The van der Waals surface area contributed by atoms with Crippen molar-refractivity contribution in [2.24, 2.45) is 5.92 Å². The number of halogens is 2. The number of nitrogens with one attached hydrogen (secondary N) is 1. The molecule has 0 saturated carbocycles. The van der Waals surface area contributed by atoms with E-state index in [0.29, 0.717) is 22.4 Å². The van der Waals surface area contributed by atoms with Crippen LogP contribution in [0, 0.1) is 5.92 Å². The lowest BCUT2D eigenvalue weighted by molar-refractivity contribution is -0.129. The van der Waals surface area contributed by atoms with Crippen LogP contribution in [0.4, 0.5) is 0 Å². The first kappa shape index (κ1) is 14.6. The summed E-state index contributed by atoms with van der Waals surface area (Å²) in [5.74, 6) is 0.687. The molecular formula is C14H18Cl2N2O. The Balaban J connectivity index is 1.96. The van der Waals surface area contributed by atoms with Crippen molar-refractivity contribution in [2.75, 3.05) is 26.7 Å². The van der Waals surface area contributed by atoms with Crippen LogP contribution in [0.3, 0.4) is 0 Å². The van der Waals surface area contributed by atoms with Gasteiger partial charge in [-0.05, 0) is 49.7 Å². The number of benzene rings is 1. The summed E-state index contributed by atoms with van der Waals surface area (Å²) in [6.45, 7) is 2.63. The van der Waals surface area contributed by atoms with Crippen molar-refractivity contribution in [1.82, 2.24) is 10.2 Å². The van der Waals surface area contributed by atoms with E-state index in [1.54, 1.807) is 18.2 Å². The first-order chi connectivity index (χ1) is 9.10. The van der Waals surface area contributed by atoms with Gasteiger partial charge in [0.2, 0.25) is 5.91 Å². The van der Waals surface area contributed by atoms with E-state index in [2.05, 4.69) is 5.32 Å². The Morgan fingerprint density at radius 1 is 1.47 bits per heavy atom. The molecule has 1 aliphatic rings. The van der Waals surface area contributed by atoms with Gasteiger partial charge in [0.05, 0.1) is 6.42 Å². The summed E-state index contributed by atoms with van der Waals surface area (Å²) in [6, 6.07) is 5.24. The molecular weight excluding hydrogens is 283 g/mol. The van der Waals surface area contributed by atoms with Gasteiger partial charge in [0.15, 0.2) is 0 Å². The molecule has 2 rings (SSSR count). The number of rotatable bonds is 4. The molecule has 1 N–H and O–H groups in total. The maximum atomic E-state index is 12.2. The number of amides is 1. The highest BCUT2D eigenvalue weighted by molar-refractivity contribution is 6.33. The van der Waals surface area contributed by atoms with E-state index < -0.39 is 0 Å². The zero-order valence-electron chi connectivity index (χ0n) is 11.0. The smallest absolute Gasteiger partial charge is 0.227 e. The molecule has 1 saturated heterocycles. The zero-order chi connectivity index (χ0) is 13.8. The predicted octanol–water partition coefficient (Wildman–Crippen LogP) is 2.60. The number of nitrogens with zero attached hydrogens (tertiary/aromatic N) is 1. The Labute approximate surface area is 123 Å². The molecule has 0 aliphatic carbocycles. The first-order valence-electron chi connectivity index (χ1n) is 6.46. The molecule has 3 nitrogen and oxygen atoms in total. The van der Waals surface area contributed by atoms with E-state index in [-0.39, 0.29) is 5.91 Å². The average Bonchev–Trinajstić information content (AvgIpc) is 2.83. The Kier molecular flexibility index (Phi) is 5.08. The van der Waals surface area contributed by atoms with Crippen LogP contribution in [0.5, 0.6) is 0 Å². The quantitative estimate of drug-likeness (QED) is 0.927. The molecule has 1 aromatic rings. The van der Waals surface area contributed by atoms with Crippen molar-refractivity contribution < 1.29 is 4.79 Å². The molecule has 19 heavy (non-hydrogen) atoms. The second-order valence-corrected chi connectivity index (χ2v) is 5.81. The van der Waals surface area contributed by atoms with Crippen molar-refractivity contribution in [3.8, 4) is 0 Å². The highest BCUT2D eigenvalue weighted by Gasteiger charge is 2.25. The van der Waals surface area contributed by atoms with Crippen LogP contribution in [0.2, 0.25) is 10.0 Å². The SMILES string of the molecule is CNCC1CCN(C(=O)Cc2cc(Cl)ccc2Cl)C1. The molecule has 0 aromatic heterocycles. The van der Waals surface area contributed by atoms with E-state index in [1.165, 1.54) is 0 Å². The summed E-state index contributed by atoms with van der Waals surface area (Å²) in [5.41, 5.74) is 0.802. The van der Waals surface area contributed by atoms with Crippen LogP contribution in [0.25, 0.3) is 0 Å². The molecule has 1 heterocycles. The molecule has 5 heteroatoms. The van der Waals surface area contributed by atoms with Gasteiger partial charge in [-0.1, -0.05) is 23.2 Å². The van der Waals surface area contributed by atoms with Gasteiger partial charge in [-0.15, -0.1) is 0 Å². The van der Waals surface area contributed by atoms with Crippen LogP contribution in [0.15, 0.2) is 18.2 Å². The lowest BCUT2D eigenvalue weighted by Gasteiger charge is -2.17. The van der Waals surface area contributed by atoms with Crippen molar-refractivity contribution in [1.29, 1.82) is 0 Å². The van der Waals surface area contributed by atoms with E-state index in [9.17, 15) is 4.79 Å². The third kappa shape index (κ3) is 3.85. The fourth-order valence-corrected chi connectivity index (χ4v) is 2.85. The van der Waals surface area contributed by atoms with Crippen LogP contribution >= 0.6 is 23.2 Å². The summed E-state index contributed by atoms with van der Waals surface area (Å²) in [6.07, 6.45) is 1.39. The van der Waals surface area contributed by atoms with E-state index >= 15 is 0 Å². The lowest BCUT2D eigenvalue weighted by Crippen LogP contribution is -2.31. The van der Waals surface area contributed by atoms with E-state index in [1.807, 2.05) is 11.9 Å². The third-order valence-electron chi connectivity index (χ3n) is 3.48. The van der Waals surface area contributed by atoms with Gasteiger partial charge in [0, 0.05) is 23.1 Å². The third-order valence-corrected chi connectivity index (χ3v) is 4.08. The maximum absolute atomic E-state index is 12.2. The zero-order valence-corrected chi connectivity index (χ0v) is 12.5. The molecule has 104 valence electrons. The monoisotopic (exact) mass is 300 g/mol. The van der Waals surface area contributed by atoms with Gasteiger partial charge in [-0.3, -0.25) is 4.79 Å². The van der Waals surface area contributed by atoms with Crippen molar-refractivity contribution >= 4 is 29.1 Å². The predicted molar refractivity (Wildman–Crippen MR) is 78.8 cm³/mol. The molecule has 0 radical (unpaired) electrons. The number of hydrogen-bond acceptors (Lipinski definition) is 2. The maximum Gasteiger partial charge on any atom is 0.227 e. The summed E-state index contributed by atoms with van der Waals surface area (Å²) < 4.78 is 0. The molecule has 1 amide bonds. The van der Waals surface area contributed by atoms with Crippen LogP contribution < -0.4 is 5.32 Å². The molecule has 1 aromatic carbocycles. The molecule has 1 atom stereocenters. The fourth-order valence-electron chi connectivity index (χ4n) is 2.47. The molecule has 0 spiro atoms. The summed E-state index contributed by atoms with van der Waals surface area (Å²) in [7, 11) is 1.94. The van der Waals surface area contributed by atoms with Gasteiger partial charge >= 0.3 is 0 Å². The number of likely N-dealkylation sites (tertiary alicyclic amines) is 1. The summed E-state index contributed by atoms with van der Waals surface area (Å²) in [5, 5.41) is 4.37. The van der Waals surface area contributed by atoms with Gasteiger partial charge < -0.3 is 10.2 Å². The van der Waals surface area contributed by atoms with Crippen molar-refractivity contribution in [3.05, 3.63) is 33.8 Å². The van der Waals surface area contributed by atoms with E-state index in [0.717, 1.165) is 31.6 Å². The standard InChI is InChI=1S/C14H18Cl2N2O/c1-17-8-10-4-5-18(9-10)14(19)7-11-6-12(15)2-3-13(11)16/h2-3,6,10,17H,4-5,7-9H2,1H3. The van der Waals surface area contributed by atoms with Crippen LogP contribution in [-0.2, 0) is 11.2 Å². The van der Waals surface area contributed by atoms with Gasteiger partial charge in [-0.25, -0.2) is 0 Å². The highest BCUT2D eigenvalue weighted by atomic mass is 35.5. The van der Waals surface area contributed by atoms with E-state index in [4.69, 9.17) is 23.2 Å². The summed E-state index contributed by atoms with van der Waals surface area (Å²) >= 11 is 12.0. The number of carbonyl (C=O) groups excluding carboxylic acids is 1. The Morgan fingerprint density at radius 2 is 2.26 bits per heavy atom. The minimum Gasteiger partial charge on any atom is -0.342 e. The Morgan fingerprint density at radius 3 is 3.00 bits per heavy atom. The van der Waals surface area contributed by atoms with Gasteiger partial charge in [-0.2, -0.15) is 0 Å². The average molecular weight is 301 g/mol. The Hall–Kier alpha value is -0.770. The molecule has 0 bridgehead atoms. The molecule has 1 unspecified atom stereocenters. The molecule has 1 aliphatic heterocycles. The normalized spacial score (nSPS) is 18.9. The Bertz CT molecular complexity index is 465. The topological polar surface area (TPSA) is 32.3 Å². The number of hydrogen-bond donors (Lipinski definition) is 1. The van der Waals surface area contributed by atoms with Crippen molar-refractivity contribution in [2.45, 2.75) is 12.8 Å². The minimum atomic E-state index is 0.128. The minimum absolute atomic E-state index is 0.128. The van der Waals surface area contributed by atoms with Crippen LogP contribution in [0.1, 0.15) is 12.0 Å². The van der Waals surface area contributed by atoms with Gasteiger partial charge in [0.1, 0.15) is 0 Å². The molecule has 1 fully saturated rings. The second kappa shape index (κ2) is 6.60. The lowest BCUT2D eigenvalue weighted by atomic mass is 10.1. The summed E-state index contributed by atoms with van der Waals surface area (Å²) in [4.78, 5) is 14.1. The fraction of sp³-hybridized carbons (Fsp3) is 0.500. The highest BCUT2D eigenvalue weighted by Crippen LogP contribution is 2.23. The number of carbonyl (C=O) groups is 1. The first-order valence-corrected chi connectivity index (χ1v) is 7.22.